The second-order valence-electron chi connectivity index (χ2n) is 2.98. The molecular weight excluding hydrogens is 203 g/mol. The number of unbranched alkanes of at least 4 members (excludes halogenated alkanes) is 1. The van der Waals surface area contributed by atoms with Crippen LogP contribution in [0.1, 0.15) is 26.2 Å². The molecule has 0 aliphatic rings. The molecule has 0 aliphatic carbocycles. The molecule has 0 bridgehead atoms. The van der Waals surface area contributed by atoms with Gasteiger partial charge < -0.3 is 5.11 Å². The van der Waals surface area contributed by atoms with E-state index in [9.17, 15) is 23.3 Å². The fourth-order valence-corrected chi connectivity index (χ4v) is 1.01. The molecule has 0 aromatic rings. The van der Waals surface area contributed by atoms with E-state index in [2.05, 4.69) is 0 Å². The summed E-state index contributed by atoms with van der Waals surface area (Å²) in [6.45, 7) is 1.71. The van der Waals surface area contributed by atoms with Crippen LogP contribution in [0, 0.1) is 10.1 Å². The zero-order valence-electron chi connectivity index (χ0n) is 7.62. The van der Waals surface area contributed by atoms with E-state index in [0.29, 0.717) is 12.8 Å². The van der Waals surface area contributed by atoms with Crippen LogP contribution in [0.3, 0.4) is 0 Å². The summed E-state index contributed by atoms with van der Waals surface area (Å²) in [5.41, 5.74) is 0. The van der Waals surface area contributed by atoms with E-state index in [1.165, 1.54) is 0 Å². The van der Waals surface area contributed by atoms with E-state index in [0.717, 1.165) is 0 Å². The van der Waals surface area contributed by atoms with Crippen molar-refractivity contribution in [3.8, 4) is 0 Å². The number of hydrogen-bond acceptors (Lipinski definition) is 3. The summed E-state index contributed by atoms with van der Waals surface area (Å²) in [6, 6.07) is -1.95. The van der Waals surface area contributed by atoms with Crippen molar-refractivity contribution in [2.45, 2.75) is 44.5 Å². The highest BCUT2D eigenvalue weighted by atomic mass is 19.4. The molecule has 0 aromatic heterocycles. The van der Waals surface area contributed by atoms with Crippen molar-refractivity contribution in [2.75, 3.05) is 0 Å². The average Bonchev–Trinajstić information content (AvgIpc) is 2.02. The van der Waals surface area contributed by atoms with Crippen LogP contribution in [0.25, 0.3) is 0 Å². The van der Waals surface area contributed by atoms with Gasteiger partial charge in [-0.15, -0.1) is 0 Å². The lowest BCUT2D eigenvalue weighted by Crippen LogP contribution is -2.44. The molecule has 0 saturated carbocycles. The Bertz CT molecular complexity index is 195. The smallest absolute Gasteiger partial charge is 0.378 e. The van der Waals surface area contributed by atoms with E-state index in [4.69, 9.17) is 5.11 Å². The average molecular weight is 215 g/mol. The second-order valence-corrected chi connectivity index (χ2v) is 2.98. The Morgan fingerprint density at radius 2 is 2.00 bits per heavy atom. The van der Waals surface area contributed by atoms with E-state index >= 15 is 0 Å². The minimum atomic E-state index is -4.93. The fourth-order valence-electron chi connectivity index (χ4n) is 1.01. The molecule has 2 atom stereocenters. The van der Waals surface area contributed by atoms with Gasteiger partial charge in [-0.1, -0.05) is 13.3 Å². The highest BCUT2D eigenvalue weighted by Crippen LogP contribution is 2.25. The van der Waals surface area contributed by atoms with E-state index < -0.39 is 23.2 Å². The molecule has 14 heavy (non-hydrogen) atoms. The van der Waals surface area contributed by atoms with Crippen molar-refractivity contribution in [3.63, 3.8) is 0 Å². The van der Waals surface area contributed by atoms with Gasteiger partial charge in [-0.05, 0) is 6.42 Å². The maximum atomic E-state index is 11.9. The first-order valence-electron chi connectivity index (χ1n) is 4.19. The molecule has 0 saturated heterocycles. The highest BCUT2D eigenvalue weighted by Gasteiger charge is 2.49. The first-order valence-corrected chi connectivity index (χ1v) is 4.19. The second kappa shape index (κ2) is 5.14. The maximum absolute atomic E-state index is 11.9. The standard InChI is InChI=1S/C7H12F3NO3/c1-2-3-4-5(11(13)14)6(12)7(8,9)10/h5-6,12H,2-4H2,1H3/t5-,6-/m1/s1. The van der Waals surface area contributed by atoms with Crippen molar-refractivity contribution in [1.29, 1.82) is 0 Å². The first-order chi connectivity index (χ1) is 6.30. The summed E-state index contributed by atoms with van der Waals surface area (Å²) in [7, 11) is 0. The Kier molecular flexibility index (Phi) is 4.82. The highest BCUT2D eigenvalue weighted by molar-refractivity contribution is 4.74. The monoisotopic (exact) mass is 215 g/mol. The summed E-state index contributed by atoms with van der Waals surface area (Å²) in [4.78, 5) is 9.16. The van der Waals surface area contributed by atoms with Crippen LogP contribution in [0.5, 0.6) is 0 Å². The predicted octanol–water partition coefficient (Wildman–Crippen LogP) is 1.75. The van der Waals surface area contributed by atoms with Gasteiger partial charge in [0.2, 0.25) is 12.1 Å². The largest absolute Gasteiger partial charge is 0.421 e. The summed E-state index contributed by atoms with van der Waals surface area (Å²) >= 11 is 0. The molecule has 0 aromatic carbocycles. The van der Waals surface area contributed by atoms with Crippen LogP contribution < -0.4 is 0 Å². The zero-order valence-corrected chi connectivity index (χ0v) is 7.62. The van der Waals surface area contributed by atoms with Crippen LogP contribution in [0.4, 0.5) is 13.2 Å². The molecule has 0 unspecified atom stereocenters. The van der Waals surface area contributed by atoms with Crippen molar-refractivity contribution in [3.05, 3.63) is 10.1 Å². The Balaban J connectivity index is 4.41. The summed E-state index contributed by atoms with van der Waals surface area (Å²) in [6.07, 6.45) is -7.22. The molecule has 0 spiro atoms. The zero-order chi connectivity index (χ0) is 11.4. The van der Waals surface area contributed by atoms with Crippen LogP contribution in [-0.4, -0.2) is 28.4 Å². The van der Waals surface area contributed by atoms with Crippen molar-refractivity contribution in [2.24, 2.45) is 0 Å². The third-order valence-corrected chi connectivity index (χ3v) is 1.82. The Labute approximate surface area is 78.9 Å². The van der Waals surface area contributed by atoms with Crippen LogP contribution in [-0.2, 0) is 0 Å². The van der Waals surface area contributed by atoms with Gasteiger partial charge in [-0.25, -0.2) is 0 Å². The summed E-state index contributed by atoms with van der Waals surface area (Å²) in [5.74, 6) is 0. The molecule has 84 valence electrons. The number of hydrogen-bond donors (Lipinski definition) is 1. The Morgan fingerprint density at radius 3 is 2.29 bits per heavy atom. The van der Waals surface area contributed by atoms with Gasteiger partial charge in [0.25, 0.3) is 0 Å². The van der Waals surface area contributed by atoms with Crippen LogP contribution in [0.2, 0.25) is 0 Å². The van der Waals surface area contributed by atoms with Gasteiger partial charge in [0.05, 0.1) is 0 Å². The molecule has 7 heteroatoms. The van der Waals surface area contributed by atoms with Crippen molar-refractivity contribution >= 4 is 0 Å². The molecule has 0 amide bonds. The number of nitrogens with zero attached hydrogens (tertiary/aromatic N) is 1. The van der Waals surface area contributed by atoms with E-state index in [1.54, 1.807) is 6.92 Å². The number of alkyl halides is 3. The van der Waals surface area contributed by atoms with Gasteiger partial charge in [-0.3, -0.25) is 10.1 Å². The lowest BCUT2D eigenvalue weighted by atomic mass is 10.0. The van der Waals surface area contributed by atoms with Crippen molar-refractivity contribution < 1.29 is 23.2 Å². The molecular formula is C7H12F3NO3. The van der Waals surface area contributed by atoms with E-state index in [-0.39, 0.29) is 6.42 Å². The predicted molar refractivity (Wildman–Crippen MR) is 42.4 cm³/mol. The number of halogens is 3. The Hall–Kier alpha value is -0.850. The van der Waals surface area contributed by atoms with Crippen LogP contribution >= 0.6 is 0 Å². The molecule has 0 radical (unpaired) electrons. The van der Waals surface area contributed by atoms with Gasteiger partial charge in [0.1, 0.15) is 0 Å². The topological polar surface area (TPSA) is 63.4 Å². The minimum absolute atomic E-state index is 0.260. The quantitative estimate of drug-likeness (QED) is 0.561. The first kappa shape index (κ1) is 13.2. The fraction of sp³-hybridized carbons (Fsp3) is 1.00. The molecule has 0 aliphatic heterocycles. The Morgan fingerprint density at radius 1 is 1.50 bits per heavy atom. The third-order valence-electron chi connectivity index (χ3n) is 1.82. The maximum Gasteiger partial charge on any atom is 0.421 e. The summed E-state index contributed by atoms with van der Waals surface area (Å²) < 4.78 is 35.8. The number of nitro groups is 1. The molecule has 0 rings (SSSR count). The van der Waals surface area contributed by atoms with Gasteiger partial charge >= 0.3 is 6.18 Å². The SMILES string of the molecule is CCCC[C@H]([C@@H](O)C(F)(F)F)[N+](=O)[O-]. The lowest BCUT2D eigenvalue weighted by molar-refractivity contribution is -0.545. The van der Waals surface area contributed by atoms with Gasteiger partial charge in [0.15, 0.2) is 0 Å². The van der Waals surface area contributed by atoms with Crippen molar-refractivity contribution in [1.82, 2.24) is 0 Å². The lowest BCUT2D eigenvalue weighted by Gasteiger charge is -2.18. The number of rotatable bonds is 5. The normalized spacial score (nSPS) is 16.4. The summed E-state index contributed by atoms with van der Waals surface area (Å²) in [5, 5.41) is 18.9. The molecule has 0 fully saturated rings. The van der Waals surface area contributed by atoms with Gasteiger partial charge in [-0.2, -0.15) is 13.2 Å². The molecule has 0 heterocycles. The molecule has 1 N–H and O–H groups in total. The van der Waals surface area contributed by atoms with E-state index in [1.807, 2.05) is 0 Å². The molecule has 4 nitrogen and oxygen atoms in total. The minimum Gasteiger partial charge on any atom is -0.378 e. The number of aliphatic hydroxyl groups is 1. The van der Waals surface area contributed by atoms with Crippen LogP contribution in [0.15, 0.2) is 0 Å². The van der Waals surface area contributed by atoms with Gasteiger partial charge in [0, 0.05) is 11.3 Å². The number of aliphatic hydroxyl groups excluding tert-OH is 1. The third kappa shape index (κ3) is 3.91.